The zero-order valence-electron chi connectivity index (χ0n) is 16.7. The first-order valence-electron chi connectivity index (χ1n) is 9.24. The van der Waals surface area contributed by atoms with E-state index >= 15 is 0 Å². The molecule has 0 saturated carbocycles. The highest BCUT2D eigenvalue weighted by atomic mass is 32.2. The van der Waals surface area contributed by atoms with Crippen molar-refractivity contribution in [3.05, 3.63) is 65.7 Å². The minimum Gasteiger partial charge on any atom is -0.486 e. The molecule has 0 radical (unpaired) electrons. The molecule has 2 rings (SSSR count). The topological polar surface area (TPSA) is 82.5 Å². The third-order valence-electron chi connectivity index (χ3n) is 4.19. The normalized spacial score (nSPS) is 12.6. The molecule has 0 heterocycles. The standard InChI is InChI=1S/C20H23F3N2O5S/c1-24(19(26)31-14-13-29-25(27)28)12-11-18(15-5-3-2-4-6-15)30-17-9-7-16(8-10-17)20(21,22)23/h2-10,18,27-28H,11-14H2,1H3. The lowest BCUT2D eigenvalue weighted by atomic mass is 10.1. The summed E-state index contributed by atoms with van der Waals surface area (Å²) in [6.07, 6.45) is -4.49. The van der Waals surface area contributed by atoms with Crippen LogP contribution in [0.5, 0.6) is 5.75 Å². The first kappa shape index (κ1) is 25.0. The molecule has 0 aliphatic carbocycles. The lowest BCUT2D eigenvalue weighted by molar-refractivity contribution is -0.490. The summed E-state index contributed by atoms with van der Waals surface area (Å²) in [7, 11) is 1.61. The van der Waals surface area contributed by atoms with Gasteiger partial charge in [0.25, 0.3) is 5.24 Å². The molecule has 0 bridgehead atoms. The van der Waals surface area contributed by atoms with E-state index in [0.717, 1.165) is 29.5 Å². The van der Waals surface area contributed by atoms with E-state index in [9.17, 15) is 18.0 Å². The van der Waals surface area contributed by atoms with E-state index in [4.69, 9.17) is 15.2 Å². The Morgan fingerprint density at radius 3 is 2.32 bits per heavy atom. The van der Waals surface area contributed by atoms with Crippen LogP contribution in [-0.2, 0) is 11.0 Å². The van der Waals surface area contributed by atoms with Crippen molar-refractivity contribution in [2.75, 3.05) is 26.0 Å². The lowest BCUT2D eigenvalue weighted by Crippen LogP contribution is -2.27. The largest absolute Gasteiger partial charge is 0.486 e. The second-order valence-corrected chi connectivity index (χ2v) is 7.50. The molecule has 1 atom stereocenters. The quantitative estimate of drug-likeness (QED) is 0.381. The van der Waals surface area contributed by atoms with E-state index in [1.807, 2.05) is 30.3 Å². The average Bonchev–Trinajstić information content (AvgIpc) is 2.74. The molecule has 31 heavy (non-hydrogen) atoms. The van der Waals surface area contributed by atoms with E-state index in [0.29, 0.717) is 18.7 Å². The third-order valence-corrected chi connectivity index (χ3v) is 5.11. The molecule has 0 spiro atoms. The van der Waals surface area contributed by atoms with E-state index < -0.39 is 23.2 Å². The maximum atomic E-state index is 12.8. The predicted molar refractivity (Wildman–Crippen MR) is 108 cm³/mol. The van der Waals surface area contributed by atoms with Crippen LogP contribution in [0.4, 0.5) is 18.0 Å². The van der Waals surface area contributed by atoms with Gasteiger partial charge < -0.3 is 9.64 Å². The molecule has 1 unspecified atom stereocenters. The Balaban J connectivity index is 1.97. The molecule has 0 aliphatic heterocycles. The highest BCUT2D eigenvalue weighted by molar-refractivity contribution is 8.13. The number of alkyl halides is 3. The second kappa shape index (κ2) is 11.9. The van der Waals surface area contributed by atoms with Gasteiger partial charge in [-0.3, -0.25) is 15.2 Å². The molecule has 0 aliphatic rings. The summed E-state index contributed by atoms with van der Waals surface area (Å²) in [5.41, 5.74) is 0.0724. The van der Waals surface area contributed by atoms with Crippen LogP contribution in [0.25, 0.3) is 0 Å². The average molecular weight is 460 g/mol. The zero-order valence-corrected chi connectivity index (χ0v) is 17.5. The Kier molecular flexibility index (Phi) is 9.59. The van der Waals surface area contributed by atoms with Crippen molar-refractivity contribution in [1.82, 2.24) is 10.3 Å². The van der Waals surface area contributed by atoms with Gasteiger partial charge in [-0.25, -0.2) is 4.84 Å². The molecule has 2 N–H and O–H groups in total. The number of carbonyl (C=O) groups is 1. The molecule has 0 fully saturated rings. The number of amides is 1. The van der Waals surface area contributed by atoms with Crippen molar-refractivity contribution < 1.29 is 38.0 Å². The molecule has 11 heteroatoms. The number of hydrogen-bond acceptors (Lipinski definition) is 7. The van der Waals surface area contributed by atoms with Crippen LogP contribution in [0.3, 0.4) is 0 Å². The van der Waals surface area contributed by atoms with Crippen molar-refractivity contribution in [2.45, 2.75) is 18.7 Å². The van der Waals surface area contributed by atoms with Gasteiger partial charge in [-0.2, -0.15) is 13.2 Å². The molecule has 170 valence electrons. The fourth-order valence-corrected chi connectivity index (χ4v) is 3.25. The smallest absolute Gasteiger partial charge is 0.416 e. The highest BCUT2D eigenvalue weighted by Gasteiger charge is 2.30. The molecular weight excluding hydrogens is 437 g/mol. The SMILES string of the molecule is CN(CCC(Oc1ccc(C(F)(F)F)cc1)c1ccccc1)C(=O)SCCON(O)O. The summed E-state index contributed by atoms with van der Waals surface area (Å²) >= 11 is 0.948. The monoisotopic (exact) mass is 460 g/mol. The zero-order chi connectivity index (χ0) is 22.9. The van der Waals surface area contributed by atoms with Gasteiger partial charge in [-0.05, 0) is 29.8 Å². The maximum absolute atomic E-state index is 12.8. The Morgan fingerprint density at radius 2 is 1.74 bits per heavy atom. The summed E-state index contributed by atoms with van der Waals surface area (Å²) in [5, 5.41) is 16.2. The Labute approximate surface area is 181 Å². The van der Waals surface area contributed by atoms with Gasteiger partial charge >= 0.3 is 6.18 Å². The predicted octanol–water partition coefficient (Wildman–Crippen LogP) is 5.01. The summed E-state index contributed by atoms with van der Waals surface area (Å²) < 4.78 is 44.2. The summed E-state index contributed by atoms with van der Waals surface area (Å²) in [4.78, 5) is 18.0. The molecule has 0 saturated heterocycles. The number of rotatable bonds is 10. The van der Waals surface area contributed by atoms with Gasteiger partial charge in [-0.15, -0.1) is 0 Å². The van der Waals surface area contributed by atoms with Crippen LogP contribution >= 0.6 is 11.8 Å². The van der Waals surface area contributed by atoms with Gasteiger partial charge in [0.15, 0.2) is 0 Å². The number of hydrogen-bond donors (Lipinski definition) is 2. The molecule has 2 aromatic carbocycles. The number of ether oxygens (including phenoxy) is 1. The Hall–Kier alpha value is -2.31. The first-order chi connectivity index (χ1) is 14.7. The molecule has 2 aromatic rings. The van der Waals surface area contributed by atoms with Crippen molar-refractivity contribution in [1.29, 1.82) is 0 Å². The van der Waals surface area contributed by atoms with Crippen LogP contribution in [-0.4, -0.2) is 51.9 Å². The third kappa shape index (κ3) is 8.75. The van der Waals surface area contributed by atoms with E-state index in [-0.39, 0.29) is 17.6 Å². The fourth-order valence-electron chi connectivity index (χ4n) is 2.61. The van der Waals surface area contributed by atoms with Crippen molar-refractivity contribution in [2.24, 2.45) is 0 Å². The van der Waals surface area contributed by atoms with E-state index in [2.05, 4.69) is 4.84 Å². The lowest BCUT2D eigenvalue weighted by Gasteiger charge is -2.23. The molecule has 1 amide bonds. The van der Waals surface area contributed by atoms with Gasteiger partial charge in [0.05, 0.1) is 17.6 Å². The van der Waals surface area contributed by atoms with Gasteiger partial charge in [0, 0.05) is 25.8 Å². The van der Waals surface area contributed by atoms with Crippen LogP contribution in [0.1, 0.15) is 23.7 Å². The van der Waals surface area contributed by atoms with Crippen molar-refractivity contribution >= 4 is 17.0 Å². The van der Waals surface area contributed by atoms with Gasteiger partial charge in [0.1, 0.15) is 11.9 Å². The van der Waals surface area contributed by atoms with Gasteiger partial charge in [-0.1, -0.05) is 42.1 Å². The Morgan fingerprint density at radius 1 is 1.10 bits per heavy atom. The van der Waals surface area contributed by atoms with Crippen LogP contribution < -0.4 is 4.74 Å². The van der Waals surface area contributed by atoms with Crippen LogP contribution in [0, 0.1) is 0 Å². The minimum atomic E-state index is -4.42. The first-order valence-corrected chi connectivity index (χ1v) is 10.2. The Bertz CT molecular complexity index is 807. The molecule has 7 nitrogen and oxygen atoms in total. The molecule has 0 aromatic heterocycles. The maximum Gasteiger partial charge on any atom is 0.416 e. The number of carbonyl (C=O) groups excluding carboxylic acids is 1. The van der Waals surface area contributed by atoms with Crippen LogP contribution in [0.2, 0.25) is 0 Å². The number of halogens is 3. The summed E-state index contributed by atoms with van der Waals surface area (Å²) in [6.45, 7) is 0.264. The molecular formula is C20H23F3N2O5S. The summed E-state index contributed by atoms with van der Waals surface area (Å²) in [6, 6.07) is 13.7. The van der Waals surface area contributed by atoms with Crippen molar-refractivity contribution in [3.8, 4) is 5.75 Å². The number of benzene rings is 2. The van der Waals surface area contributed by atoms with Gasteiger partial charge in [0.2, 0.25) is 0 Å². The minimum absolute atomic E-state index is 0.0685. The van der Waals surface area contributed by atoms with E-state index in [1.165, 1.54) is 17.0 Å². The summed E-state index contributed by atoms with van der Waals surface area (Å²) in [5.74, 6) is 0.505. The van der Waals surface area contributed by atoms with Crippen LogP contribution in [0.15, 0.2) is 54.6 Å². The second-order valence-electron chi connectivity index (χ2n) is 6.45. The number of thioether (sulfide) groups is 1. The van der Waals surface area contributed by atoms with Crippen molar-refractivity contribution in [3.63, 3.8) is 0 Å². The highest BCUT2D eigenvalue weighted by Crippen LogP contribution is 2.32. The van der Waals surface area contributed by atoms with E-state index in [1.54, 1.807) is 7.05 Å². The fraction of sp³-hybridized carbons (Fsp3) is 0.350. The number of nitrogens with zero attached hydrogens (tertiary/aromatic N) is 2.